The van der Waals surface area contributed by atoms with Crippen LogP contribution in [0.25, 0.3) is 0 Å². The number of amides is 1. The Kier molecular flexibility index (Phi) is 5.77. The summed E-state index contributed by atoms with van der Waals surface area (Å²) in [6.07, 6.45) is -0.160. The number of halogens is 2. The SMILES string of the molecule is O=C(CN1CCOCC1)N1CCO[C@H](c2ccc(Cl)c(Cl)c2)C1. The maximum absolute atomic E-state index is 12.5. The van der Waals surface area contributed by atoms with Gasteiger partial charge in [0, 0.05) is 19.6 Å². The minimum Gasteiger partial charge on any atom is -0.379 e. The molecule has 0 N–H and O–H groups in total. The van der Waals surface area contributed by atoms with E-state index in [-0.39, 0.29) is 12.0 Å². The van der Waals surface area contributed by atoms with Gasteiger partial charge in [0.15, 0.2) is 0 Å². The number of ether oxygens (including phenoxy) is 2. The van der Waals surface area contributed by atoms with Crippen molar-refractivity contribution in [2.45, 2.75) is 6.10 Å². The van der Waals surface area contributed by atoms with E-state index in [0.29, 0.717) is 49.5 Å². The molecular formula is C16H20Cl2N2O3. The van der Waals surface area contributed by atoms with Gasteiger partial charge in [0.25, 0.3) is 0 Å². The fraction of sp³-hybridized carbons (Fsp3) is 0.562. The zero-order valence-electron chi connectivity index (χ0n) is 12.8. The Balaban J connectivity index is 1.60. The topological polar surface area (TPSA) is 42.0 Å². The average molecular weight is 359 g/mol. The van der Waals surface area contributed by atoms with Gasteiger partial charge in [0.2, 0.25) is 5.91 Å². The molecule has 1 atom stereocenters. The standard InChI is InChI=1S/C16H20Cl2N2O3/c17-13-2-1-12(9-14(13)18)15-10-20(5-8-23-15)16(21)11-19-3-6-22-7-4-19/h1-2,9,15H,3-8,10-11H2/t15-/m0/s1. The molecule has 1 aromatic rings. The van der Waals surface area contributed by atoms with Crippen LogP contribution in [0.2, 0.25) is 10.0 Å². The predicted molar refractivity (Wildman–Crippen MR) is 89.0 cm³/mol. The predicted octanol–water partition coefficient (Wildman–Crippen LogP) is 2.23. The molecule has 2 heterocycles. The number of benzene rings is 1. The molecule has 23 heavy (non-hydrogen) atoms. The molecule has 1 amide bonds. The first-order valence-corrected chi connectivity index (χ1v) is 8.53. The summed E-state index contributed by atoms with van der Waals surface area (Å²) < 4.78 is 11.1. The van der Waals surface area contributed by atoms with Gasteiger partial charge in [0.05, 0.1) is 43.0 Å². The fourth-order valence-electron chi connectivity index (χ4n) is 2.84. The normalized spacial score (nSPS) is 23.0. The molecule has 126 valence electrons. The van der Waals surface area contributed by atoms with E-state index in [1.807, 2.05) is 17.0 Å². The molecule has 1 aromatic carbocycles. The van der Waals surface area contributed by atoms with Gasteiger partial charge < -0.3 is 14.4 Å². The Morgan fingerprint density at radius 2 is 1.91 bits per heavy atom. The maximum Gasteiger partial charge on any atom is 0.236 e. The molecule has 2 saturated heterocycles. The van der Waals surface area contributed by atoms with Gasteiger partial charge in [0.1, 0.15) is 6.10 Å². The minimum absolute atomic E-state index is 0.139. The quantitative estimate of drug-likeness (QED) is 0.830. The number of hydrogen-bond acceptors (Lipinski definition) is 4. The van der Waals surface area contributed by atoms with Crippen molar-refractivity contribution in [1.29, 1.82) is 0 Å². The van der Waals surface area contributed by atoms with Crippen LogP contribution in [0.15, 0.2) is 18.2 Å². The van der Waals surface area contributed by atoms with E-state index in [1.54, 1.807) is 6.07 Å². The molecule has 2 aliphatic rings. The third-order valence-corrected chi connectivity index (χ3v) is 4.94. The first kappa shape index (κ1) is 17.0. The molecule has 7 heteroatoms. The van der Waals surface area contributed by atoms with E-state index >= 15 is 0 Å². The van der Waals surface area contributed by atoms with Crippen molar-refractivity contribution >= 4 is 29.1 Å². The molecule has 2 fully saturated rings. The average Bonchev–Trinajstić information content (AvgIpc) is 2.58. The monoisotopic (exact) mass is 358 g/mol. The second kappa shape index (κ2) is 7.81. The van der Waals surface area contributed by atoms with Crippen LogP contribution in [0.4, 0.5) is 0 Å². The number of rotatable bonds is 3. The van der Waals surface area contributed by atoms with Crippen molar-refractivity contribution in [3.05, 3.63) is 33.8 Å². The smallest absolute Gasteiger partial charge is 0.236 e. The molecule has 3 rings (SSSR count). The van der Waals surface area contributed by atoms with E-state index in [0.717, 1.165) is 18.7 Å². The summed E-state index contributed by atoms with van der Waals surface area (Å²) in [5.74, 6) is 0.139. The number of carbonyl (C=O) groups excluding carboxylic acids is 1. The molecule has 5 nitrogen and oxygen atoms in total. The Morgan fingerprint density at radius 1 is 1.13 bits per heavy atom. The lowest BCUT2D eigenvalue weighted by atomic mass is 10.1. The highest BCUT2D eigenvalue weighted by molar-refractivity contribution is 6.42. The minimum atomic E-state index is -0.160. The summed E-state index contributed by atoms with van der Waals surface area (Å²) in [4.78, 5) is 16.5. The first-order valence-electron chi connectivity index (χ1n) is 7.78. The van der Waals surface area contributed by atoms with Crippen LogP contribution < -0.4 is 0 Å². The summed E-state index contributed by atoms with van der Waals surface area (Å²) in [6, 6.07) is 5.47. The number of morpholine rings is 2. The summed E-state index contributed by atoms with van der Waals surface area (Å²) in [5, 5.41) is 1.02. The lowest BCUT2D eigenvalue weighted by molar-refractivity contribution is -0.141. The summed E-state index contributed by atoms with van der Waals surface area (Å²) >= 11 is 12.0. The van der Waals surface area contributed by atoms with Gasteiger partial charge in [-0.25, -0.2) is 0 Å². The zero-order valence-corrected chi connectivity index (χ0v) is 14.4. The zero-order chi connectivity index (χ0) is 16.2. The van der Waals surface area contributed by atoms with Gasteiger partial charge >= 0.3 is 0 Å². The summed E-state index contributed by atoms with van der Waals surface area (Å²) in [5.41, 5.74) is 0.947. The Morgan fingerprint density at radius 3 is 2.65 bits per heavy atom. The van der Waals surface area contributed by atoms with E-state index in [1.165, 1.54) is 0 Å². The number of carbonyl (C=O) groups is 1. The largest absolute Gasteiger partial charge is 0.379 e. The molecule has 0 aliphatic carbocycles. The van der Waals surface area contributed by atoms with E-state index in [2.05, 4.69) is 4.90 Å². The Labute approximate surface area is 146 Å². The van der Waals surface area contributed by atoms with Gasteiger partial charge in [-0.15, -0.1) is 0 Å². The highest BCUT2D eigenvalue weighted by Gasteiger charge is 2.27. The molecule has 0 radical (unpaired) electrons. The Hall–Kier alpha value is -0.850. The molecule has 2 aliphatic heterocycles. The fourth-order valence-corrected chi connectivity index (χ4v) is 3.15. The van der Waals surface area contributed by atoms with Gasteiger partial charge in [-0.2, -0.15) is 0 Å². The van der Waals surface area contributed by atoms with Gasteiger partial charge in [-0.05, 0) is 17.7 Å². The maximum atomic E-state index is 12.5. The van der Waals surface area contributed by atoms with Crippen LogP contribution >= 0.6 is 23.2 Å². The van der Waals surface area contributed by atoms with Crippen LogP contribution in [-0.4, -0.2) is 68.3 Å². The lowest BCUT2D eigenvalue weighted by Gasteiger charge is -2.35. The van der Waals surface area contributed by atoms with Crippen LogP contribution in [-0.2, 0) is 14.3 Å². The van der Waals surface area contributed by atoms with Gasteiger partial charge in [-0.1, -0.05) is 29.3 Å². The van der Waals surface area contributed by atoms with Crippen LogP contribution in [0.1, 0.15) is 11.7 Å². The molecule has 0 aromatic heterocycles. The number of hydrogen-bond donors (Lipinski definition) is 0. The van der Waals surface area contributed by atoms with Crippen LogP contribution in [0, 0.1) is 0 Å². The van der Waals surface area contributed by atoms with Crippen molar-refractivity contribution in [3.63, 3.8) is 0 Å². The highest BCUT2D eigenvalue weighted by Crippen LogP contribution is 2.29. The van der Waals surface area contributed by atoms with Crippen molar-refractivity contribution in [2.75, 3.05) is 52.5 Å². The third-order valence-electron chi connectivity index (χ3n) is 4.20. The van der Waals surface area contributed by atoms with E-state index in [9.17, 15) is 4.79 Å². The first-order chi connectivity index (χ1) is 11.1. The second-order valence-electron chi connectivity index (χ2n) is 5.76. The molecule has 0 saturated carbocycles. The number of nitrogens with zero attached hydrogens (tertiary/aromatic N) is 2. The lowest BCUT2D eigenvalue weighted by Crippen LogP contribution is -2.48. The molecular weight excluding hydrogens is 339 g/mol. The van der Waals surface area contributed by atoms with Crippen LogP contribution in [0.3, 0.4) is 0 Å². The van der Waals surface area contributed by atoms with Crippen molar-refractivity contribution in [1.82, 2.24) is 9.80 Å². The van der Waals surface area contributed by atoms with Crippen LogP contribution in [0.5, 0.6) is 0 Å². The highest BCUT2D eigenvalue weighted by atomic mass is 35.5. The third kappa shape index (κ3) is 4.37. The Bertz CT molecular complexity index is 564. The molecule has 0 bridgehead atoms. The van der Waals surface area contributed by atoms with E-state index in [4.69, 9.17) is 32.7 Å². The van der Waals surface area contributed by atoms with E-state index < -0.39 is 0 Å². The van der Waals surface area contributed by atoms with Crippen molar-refractivity contribution < 1.29 is 14.3 Å². The molecule has 0 spiro atoms. The molecule has 0 unspecified atom stereocenters. The summed E-state index contributed by atoms with van der Waals surface area (Å²) in [7, 11) is 0. The van der Waals surface area contributed by atoms with Crippen molar-refractivity contribution in [3.8, 4) is 0 Å². The van der Waals surface area contributed by atoms with Crippen molar-refractivity contribution in [2.24, 2.45) is 0 Å². The van der Waals surface area contributed by atoms with Gasteiger partial charge in [-0.3, -0.25) is 9.69 Å². The second-order valence-corrected chi connectivity index (χ2v) is 6.58. The summed E-state index contributed by atoms with van der Waals surface area (Å²) in [6.45, 7) is 5.16.